The summed E-state index contributed by atoms with van der Waals surface area (Å²) in [6, 6.07) is 3.94. The van der Waals surface area contributed by atoms with Crippen LogP contribution in [0, 0.1) is 17.7 Å². The molecular weight excluding hydrogens is 269 g/mol. The van der Waals surface area contributed by atoms with Gasteiger partial charge >= 0.3 is 5.97 Å². The van der Waals surface area contributed by atoms with E-state index in [4.69, 9.17) is 5.11 Å². The number of aromatic carboxylic acids is 1. The Morgan fingerprint density at radius 1 is 1.29 bits per heavy atom. The highest BCUT2D eigenvalue weighted by molar-refractivity contribution is 5.87. The molecule has 0 aromatic heterocycles. The Bertz CT molecular complexity index is 482. The average molecular weight is 293 g/mol. The van der Waals surface area contributed by atoms with Gasteiger partial charge in [-0.15, -0.1) is 0 Å². The van der Waals surface area contributed by atoms with Gasteiger partial charge in [-0.2, -0.15) is 0 Å². The molecule has 0 bridgehead atoms. The van der Waals surface area contributed by atoms with Crippen LogP contribution in [0.2, 0.25) is 0 Å². The van der Waals surface area contributed by atoms with Crippen LogP contribution in [0.1, 0.15) is 54.9 Å². The van der Waals surface area contributed by atoms with Crippen molar-refractivity contribution in [3.8, 4) is 0 Å². The van der Waals surface area contributed by atoms with E-state index in [9.17, 15) is 9.18 Å². The Hall–Kier alpha value is -1.42. The lowest BCUT2D eigenvalue weighted by atomic mass is 9.81. The second kappa shape index (κ2) is 7.55. The maximum absolute atomic E-state index is 13.7. The first-order valence-corrected chi connectivity index (χ1v) is 7.82. The van der Waals surface area contributed by atoms with E-state index in [1.165, 1.54) is 50.3 Å². The molecule has 0 spiro atoms. The largest absolute Gasteiger partial charge is 0.478 e. The molecule has 0 heterocycles. The average Bonchev–Trinajstić information content (AvgIpc) is 2.49. The molecule has 0 amide bonds. The van der Waals surface area contributed by atoms with E-state index in [2.05, 4.69) is 12.2 Å². The van der Waals surface area contributed by atoms with Gasteiger partial charge < -0.3 is 10.4 Å². The summed E-state index contributed by atoms with van der Waals surface area (Å²) in [6.45, 7) is 3.52. The number of rotatable bonds is 6. The third kappa shape index (κ3) is 4.53. The smallest absolute Gasteiger partial charge is 0.335 e. The van der Waals surface area contributed by atoms with Crippen molar-refractivity contribution in [1.82, 2.24) is 5.32 Å². The van der Waals surface area contributed by atoms with Crippen LogP contribution in [0.15, 0.2) is 18.2 Å². The first-order chi connectivity index (χ1) is 10.1. The molecule has 1 aromatic carbocycles. The van der Waals surface area contributed by atoms with Gasteiger partial charge in [0.15, 0.2) is 0 Å². The highest BCUT2D eigenvalue weighted by atomic mass is 19.1. The second-order valence-corrected chi connectivity index (χ2v) is 6.04. The van der Waals surface area contributed by atoms with Crippen LogP contribution in [-0.2, 0) is 6.54 Å². The molecule has 0 unspecified atom stereocenters. The molecule has 2 rings (SSSR count). The van der Waals surface area contributed by atoms with Crippen LogP contribution in [-0.4, -0.2) is 17.6 Å². The predicted octanol–water partition coefficient (Wildman–Crippen LogP) is 3.83. The van der Waals surface area contributed by atoms with Gasteiger partial charge in [-0.1, -0.05) is 26.2 Å². The number of carboxylic acid groups (broad SMARTS) is 1. The van der Waals surface area contributed by atoms with Crippen LogP contribution in [0.25, 0.3) is 0 Å². The van der Waals surface area contributed by atoms with Crippen LogP contribution in [0.5, 0.6) is 0 Å². The molecule has 4 heteroatoms. The molecule has 1 aliphatic carbocycles. The van der Waals surface area contributed by atoms with Gasteiger partial charge in [0.25, 0.3) is 0 Å². The van der Waals surface area contributed by atoms with E-state index in [-0.39, 0.29) is 11.4 Å². The van der Waals surface area contributed by atoms with Crippen molar-refractivity contribution in [3.63, 3.8) is 0 Å². The second-order valence-electron chi connectivity index (χ2n) is 6.04. The van der Waals surface area contributed by atoms with Crippen LogP contribution < -0.4 is 5.32 Å². The number of hydrogen-bond acceptors (Lipinski definition) is 2. The molecule has 1 aromatic rings. The van der Waals surface area contributed by atoms with Gasteiger partial charge in [-0.3, -0.25) is 0 Å². The minimum Gasteiger partial charge on any atom is -0.478 e. The van der Waals surface area contributed by atoms with Crippen molar-refractivity contribution in [3.05, 3.63) is 35.1 Å². The third-order valence-corrected chi connectivity index (χ3v) is 4.58. The molecule has 1 aliphatic rings. The van der Waals surface area contributed by atoms with E-state index in [0.717, 1.165) is 12.5 Å². The molecule has 0 aliphatic heterocycles. The fourth-order valence-corrected chi connectivity index (χ4v) is 3.10. The van der Waals surface area contributed by atoms with E-state index in [1.807, 2.05) is 0 Å². The van der Waals surface area contributed by atoms with Gasteiger partial charge in [0, 0.05) is 12.1 Å². The highest BCUT2D eigenvalue weighted by Crippen LogP contribution is 2.30. The molecular formula is C17H24FNO2. The number of carboxylic acids is 1. The zero-order valence-corrected chi connectivity index (χ0v) is 12.6. The fraction of sp³-hybridized carbons (Fsp3) is 0.588. The summed E-state index contributed by atoms with van der Waals surface area (Å²) >= 11 is 0. The molecule has 1 saturated carbocycles. The first-order valence-electron chi connectivity index (χ1n) is 7.82. The number of carbonyl (C=O) groups is 1. The minimum atomic E-state index is -1.02. The van der Waals surface area contributed by atoms with Crippen LogP contribution in [0.4, 0.5) is 4.39 Å². The summed E-state index contributed by atoms with van der Waals surface area (Å²) in [7, 11) is 0. The molecule has 0 saturated heterocycles. The van der Waals surface area contributed by atoms with E-state index >= 15 is 0 Å². The number of halogens is 1. The monoisotopic (exact) mass is 293 g/mol. The summed E-state index contributed by atoms with van der Waals surface area (Å²) < 4.78 is 13.7. The topological polar surface area (TPSA) is 49.3 Å². The highest BCUT2D eigenvalue weighted by Gasteiger charge is 2.19. The van der Waals surface area contributed by atoms with E-state index < -0.39 is 5.97 Å². The lowest BCUT2D eigenvalue weighted by Gasteiger charge is -2.28. The van der Waals surface area contributed by atoms with Crippen LogP contribution in [0.3, 0.4) is 0 Å². The Labute approximate surface area is 125 Å². The molecule has 0 radical (unpaired) electrons. The SMILES string of the molecule is CCC1CCC(CNCc2cc(C(=O)O)ccc2F)CC1. The number of benzene rings is 1. The fourth-order valence-electron chi connectivity index (χ4n) is 3.10. The Kier molecular flexibility index (Phi) is 5.74. The molecule has 2 N–H and O–H groups in total. The molecule has 21 heavy (non-hydrogen) atoms. The van der Waals surface area contributed by atoms with Crippen molar-refractivity contribution in [2.24, 2.45) is 11.8 Å². The maximum atomic E-state index is 13.7. The van der Waals surface area contributed by atoms with Crippen LogP contribution >= 0.6 is 0 Å². The van der Waals surface area contributed by atoms with Crippen molar-refractivity contribution < 1.29 is 14.3 Å². The van der Waals surface area contributed by atoms with E-state index in [1.54, 1.807) is 0 Å². The van der Waals surface area contributed by atoms with Crippen molar-refractivity contribution in [1.29, 1.82) is 0 Å². The summed E-state index contributed by atoms with van der Waals surface area (Å²) in [6.07, 6.45) is 6.34. The van der Waals surface area contributed by atoms with Crippen molar-refractivity contribution in [2.75, 3.05) is 6.54 Å². The quantitative estimate of drug-likeness (QED) is 0.838. The lowest BCUT2D eigenvalue weighted by molar-refractivity contribution is 0.0696. The number of hydrogen-bond donors (Lipinski definition) is 2. The summed E-state index contributed by atoms with van der Waals surface area (Å²) in [4.78, 5) is 10.9. The normalized spacial score (nSPS) is 22.2. The standard InChI is InChI=1S/C17H24FNO2/c1-2-12-3-5-13(6-4-12)10-19-11-15-9-14(17(20)21)7-8-16(15)18/h7-9,12-13,19H,2-6,10-11H2,1H3,(H,20,21). The molecule has 1 fully saturated rings. The summed E-state index contributed by atoms with van der Waals surface area (Å²) in [5.74, 6) is 0.181. The maximum Gasteiger partial charge on any atom is 0.335 e. The van der Waals surface area contributed by atoms with Gasteiger partial charge in [-0.25, -0.2) is 9.18 Å². The van der Waals surface area contributed by atoms with Crippen molar-refractivity contribution >= 4 is 5.97 Å². The Morgan fingerprint density at radius 3 is 2.57 bits per heavy atom. The lowest BCUT2D eigenvalue weighted by Crippen LogP contribution is -2.26. The zero-order valence-electron chi connectivity index (χ0n) is 12.6. The third-order valence-electron chi connectivity index (χ3n) is 4.58. The van der Waals surface area contributed by atoms with Gasteiger partial charge in [0.1, 0.15) is 5.82 Å². The molecule has 3 nitrogen and oxygen atoms in total. The van der Waals surface area contributed by atoms with Gasteiger partial charge in [0.2, 0.25) is 0 Å². The molecule has 116 valence electrons. The first kappa shape index (κ1) is 16.0. The molecule has 0 atom stereocenters. The number of nitrogens with one attached hydrogen (secondary N) is 1. The van der Waals surface area contributed by atoms with Crippen molar-refractivity contribution in [2.45, 2.75) is 45.6 Å². The summed E-state index contributed by atoms with van der Waals surface area (Å²) in [5.41, 5.74) is 0.564. The van der Waals surface area contributed by atoms with E-state index in [0.29, 0.717) is 18.0 Å². The Morgan fingerprint density at radius 2 is 1.95 bits per heavy atom. The summed E-state index contributed by atoms with van der Waals surface area (Å²) in [5, 5.41) is 12.2. The zero-order chi connectivity index (χ0) is 15.2. The Balaban J connectivity index is 1.81. The predicted molar refractivity (Wildman–Crippen MR) is 80.8 cm³/mol. The van der Waals surface area contributed by atoms with Gasteiger partial charge in [-0.05, 0) is 49.4 Å². The minimum absolute atomic E-state index is 0.136. The van der Waals surface area contributed by atoms with Gasteiger partial charge in [0.05, 0.1) is 5.56 Å².